The van der Waals surface area contributed by atoms with Crippen LogP contribution in [0.25, 0.3) is 0 Å². The van der Waals surface area contributed by atoms with Gasteiger partial charge in [0.05, 0.1) is 0 Å². The molecule has 0 spiro atoms. The number of carbonyl (C=O) groups is 2. The second-order valence-corrected chi connectivity index (χ2v) is 5.05. The van der Waals surface area contributed by atoms with Crippen LogP contribution >= 0.6 is 11.6 Å². The van der Waals surface area contributed by atoms with Gasteiger partial charge in [-0.05, 0) is 37.1 Å². The van der Waals surface area contributed by atoms with E-state index in [2.05, 4.69) is 5.32 Å². The van der Waals surface area contributed by atoms with Crippen molar-refractivity contribution in [2.24, 2.45) is 5.73 Å². The lowest BCUT2D eigenvalue weighted by atomic mass is 9.96. The van der Waals surface area contributed by atoms with Crippen LogP contribution in [0.3, 0.4) is 0 Å². The molecule has 0 aliphatic heterocycles. The average molecular weight is 267 g/mol. The number of benzene rings is 1. The minimum absolute atomic E-state index is 0.285. The van der Waals surface area contributed by atoms with Gasteiger partial charge in [-0.3, -0.25) is 9.59 Å². The van der Waals surface area contributed by atoms with Gasteiger partial charge in [-0.2, -0.15) is 0 Å². The predicted molar refractivity (Wildman–Crippen MR) is 69.3 cm³/mol. The van der Waals surface area contributed by atoms with Gasteiger partial charge in [0.25, 0.3) is 5.91 Å². The summed E-state index contributed by atoms with van der Waals surface area (Å²) in [5.74, 6) is -0.741. The summed E-state index contributed by atoms with van der Waals surface area (Å²) in [6, 6.07) is 6.53. The molecule has 1 fully saturated rings. The Bertz CT molecular complexity index is 464. The highest BCUT2D eigenvalue weighted by atomic mass is 35.5. The van der Waals surface area contributed by atoms with Crippen molar-refractivity contribution in [1.29, 1.82) is 0 Å². The molecule has 3 N–H and O–H groups in total. The molecule has 2 rings (SSSR count). The Morgan fingerprint density at radius 3 is 2.22 bits per heavy atom. The zero-order valence-electron chi connectivity index (χ0n) is 9.91. The first-order valence-electron chi connectivity index (χ1n) is 5.91. The minimum atomic E-state index is -0.878. The molecule has 0 aromatic heterocycles. The Hall–Kier alpha value is -1.55. The molecule has 0 saturated heterocycles. The lowest BCUT2D eigenvalue weighted by molar-refractivity contribution is -0.123. The van der Waals surface area contributed by atoms with E-state index in [1.54, 1.807) is 24.3 Å². The predicted octanol–water partition coefficient (Wildman–Crippen LogP) is 1.87. The van der Waals surface area contributed by atoms with E-state index in [1.807, 2.05) is 0 Å². The first kappa shape index (κ1) is 12.9. The molecule has 0 unspecified atom stereocenters. The molecule has 1 aliphatic carbocycles. The fourth-order valence-corrected chi connectivity index (χ4v) is 2.43. The molecule has 1 aliphatic rings. The van der Waals surface area contributed by atoms with E-state index in [-0.39, 0.29) is 5.91 Å². The molecule has 2 amide bonds. The zero-order chi connectivity index (χ0) is 13.2. The Morgan fingerprint density at radius 1 is 1.17 bits per heavy atom. The lowest BCUT2D eigenvalue weighted by Gasteiger charge is -2.26. The number of amides is 2. The molecular weight excluding hydrogens is 252 g/mol. The third-order valence-electron chi connectivity index (χ3n) is 3.39. The maximum Gasteiger partial charge on any atom is 0.252 e. The summed E-state index contributed by atoms with van der Waals surface area (Å²) in [7, 11) is 0. The Balaban J connectivity index is 2.15. The van der Waals surface area contributed by atoms with Crippen molar-refractivity contribution in [1.82, 2.24) is 5.32 Å². The van der Waals surface area contributed by atoms with Gasteiger partial charge >= 0.3 is 0 Å². The van der Waals surface area contributed by atoms with Gasteiger partial charge in [0.15, 0.2) is 0 Å². The topological polar surface area (TPSA) is 72.2 Å². The van der Waals surface area contributed by atoms with Crippen molar-refractivity contribution >= 4 is 23.4 Å². The molecule has 4 nitrogen and oxygen atoms in total. The summed E-state index contributed by atoms with van der Waals surface area (Å²) in [5, 5.41) is 3.34. The van der Waals surface area contributed by atoms with Crippen molar-refractivity contribution < 1.29 is 9.59 Å². The van der Waals surface area contributed by atoms with Crippen LogP contribution in [0.5, 0.6) is 0 Å². The molecule has 18 heavy (non-hydrogen) atoms. The fraction of sp³-hybridized carbons (Fsp3) is 0.385. The van der Waals surface area contributed by atoms with E-state index >= 15 is 0 Å². The standard InChI is InChI=1S/C13H15ClN2O2/c14-10-5-3-9(4-6-10)11(17)16-13(12(15)18)7-1-2-8-13/h3-6H,1-2,7-8H2,(H2,15,18)(H,16,17). The average Bonchev–Trinajstić information content (AvgIpc) is 2.79. The molecule has 0 heterocycles. The van der Waals surface area contributed by atoms with E-state index < -0.39 is 11.4 Å². The molecule has 1 aromatic carbocycles. The molecule has 0 bridgehead atoms. The maximum absolute atomic E-state index is 12.1. The number of rotatable bonds is 3. The number of hydrogen-bond acceptors (Lipinski definition) is 2. The van der Waals surface area contributed by atoms with Crippen molar-refractivity contribution in [2.75, 3.05) is 0 Å². The van der Waals surface area contributed by atoms with Crippen molar-refractivity contribution in [3.63, 3.8) is 0 Å². The molecule has 1 saturated carbocycles. The summed E-state index contributed by atoms with van der Waals surface area (Å²) in [5.41, 5.74) is 5.01. The second-order valence-electron chi connectivity index (χ2n) is 4.61. The zero-order valence-corrected chi connectivity index (χ0v) is 10.7. The van der Waals surface area contributed by atoms with Crippen LogP contribution in [-0.2, 0) is 4.79 Å². The number of hydrogen-bond donors (Lipinski definition) is 2. The summed E-state index contributed by atoms with van der Waals surface area (Å²) in [4.78, 5) is 23.6. The molecule has 5 heteroatoms. The monoisotopic (exact) mass is 266 g/mol. The fourth-order valence-electron chi connectivity index (χ4n) is 2.30. The largest absolute Gasteiger partial charge is 0.368 e. The smallest absolute Gasteiger partial charge is 0.252 e. The third-order valence-corrected chi connectivity index (χ3v) is 3.64. The number of halogens is 1. The van der Waals surface area contributed by atoms with Crippen molar-refractivity contribution in [3.8, 4) is 0 Å². The van der Waals surface area contributed by atoms with E-state index in [4.69, 9.17) is 17.3 Å². The first-order valence-corrected chi connectivity index (χ1v) is 6.29. The van der Waals surface area contributed by atoms with E-state index in [1.165, 1.54) is 0 Å². The van der Waals surface area contributed by atoms with Gasteiger partial charge in [0.1, 0.15) is 5.54 Å². The number of nitrogens with two attached hydrogens (primary N) is 1. The Labute approximate surface area is 110 Å². The summed E-state index contributed by atoms with van der Waals surface area (Å²) >= 11 is 5.76. The number of primary amides is 1. The van der Waals surface area contributed by atoms with E-state index in [0.29, 0.717) is 23.4 Å². The van der Waals surface area contributed by atoms with Crippen molar-refractivity contribution in [3.05, 3.63) is 34.9 Å². The van der Waals surface area contributed by atoms with E-state index in [9.17, 15) is 9.59 Å². The van der Waals surface area contributed by atoms with Crippen LogP contribution in [0.4, 0.5) is 0 Å². The van der Waals surface area contributed by atoms with Gasteiger partial charge in [-0.25, -0.2) is 0 Å². The second kappa shape index (κ2) is 4.98. The Kier molecular flexibility index (Phi) is 3.57. The van der Waals surface area contributed by atoms with Gasteiger partial charge in [0.2, 0.25) is 5.91 Å². The third kappa shape index (κ3) is 2.48. The van der Waals surface area contributed by atoms with Crippen LogP contribution < -0.4 is 11.1 Å². The van der Waals surface area contributed by atoms with Crippen LogP contribution in [0, 0.1) is 0 Å². The summed E-state index contributed by atoms with van der Waals surface area (Å²) in [6.45, 7) is 0. The lowest BCUT2D eigenvalue weighted by Crippen LogP contribution is -2.55. The summed E-state index contributed by atoms with van der Waals surface area (Å²) < 4.78 is 0. The van der Waals surface area contributed by atoms with Gasteiger partial charge in [-0.15, -0.1) is 0 Å². The molecule has 0 atom stereocenters. The highest BCUT2D eigenvalue weighted by Crippen LogP contribution is 2.29. The molecular formula is C13H15ClN2O2. The molecule has 96 valence electrons. The highest BCUT2D eigenvalue weighted by molar-refractivity contribution is 6.30. The van der Waals surface area contributed by atoms with Gasteiger partial charge in [-0.1, -0.05) is 24.4 Å². The quantitative estimate of drug-likeness (QED) is 0.877. The summed E-state index contributed by atoms with van der Waals surface area (Å²) in [6.07, 6.45) is 3.04. The Morgan fingerprint density at radius 2 is 1.72 bits per heavy atom. The van der Waals surface area contributed by atoms with Gasteiger partial charge < -0.3 is 11.1 Å². The SMILES string of the molecule is NC(=O)C1(NC(=O)c2ccc(Cl)cc2)CCCC1. The van der Waals surface area contributed by atoms with E-state index in [0.717, 1.165) is 12.8 Å². The number of nitrogens with one attached hydrogen (secondary N) is 1. The maximum atomic E-state index is 12.1. The molecule has 1 aromatic rings. The highest BCUT2D eigenvalue weighted by Gasteiger charge is 2.40. The molecule has 0 radical (unpaired) electrons. The van der Waals surface area contributed by atoms with Crippen molar-refractivity contribution in [2.45, 2.75) is 31.2 Å². The van der Waals surface area contributed by atoms with Gasteiger partial charge in [0, 0.05) is 10.6 Å². The van der Waals surface area contributed by atoms with Crippen LogP contribution in [-0.4, -0.2) is 17.4 Å². The van der Waals surface area contributed by atoms with Crippen LogP contribution in [0.15, 0.2) is 24.3 Å². The van der Waals surface area contributed by atoms with Crippen LogP contribution in [0.1, 0.15) is 36.0 Å². The number of carbonyl (C=O) groups excluding carboxylic acids is 2. The normalized spacial score (nSPS) is 17.4. The van der Waals surface area contributed by atoms with Crippen LogP contribution in [0.2, 0.25) is 5.02 Å². The minimum Gasteiger partial charge on any atom is -0.368 e. The first-order chi connectivity index (χ1) is 8.53.